The first kappa shape index (κ1) is 17.1. The van der Waals surface area contributed by atoms with Crippen LogP contribution in [0.5, 0.6) is 0 Å². The van der Waals surface area contributed by atoms with Crippen molar-refractivity contribution >= 4 is 32.6 Å². The minimum atomic E-state index is -0.284. The molecule has 4 rings (SSSR count). The highest BCUT2D eigenvalue weighted by Gasteiger charge is 2.29. The number of furan rings is 1. The second-order valence-electron chi connectivity index (χ2n) is 5.93. The summed E-state index contributed by atoms with van der Waals surface area (Å²) in [5.41, 5.74) is 1.36. The molecule has 134 valence electrons. The van der Waals surface area contributed by atoms with Gasteiger partial charge in [0, 0.05) is 18.9 Å². The van der Waals surface area contributed by atoms with Gasteiger partial charge in [-0.25, -0.2) is 4.98 Å². The number of carbonyl (C=O) groups excluding carboxylic acids is 1. The number of hydrogen-bond donors (Lipinski definition) is 0. The molecular weight excluding hydrogens is 360 g/mol. The number of hydrogen-bond acceptors (Lipinski definition) is 5. The second kappa shape index (κ2) is 6.74. The Balaban J connectivity index is 1.80. The fourth-order valence-corrected chi connectivity index (χ4v) is 4.05. The lowest BCUT2D eigenvalue weighted by Crippen LogP contribution is -2.31. The van der Waals surface area contributed by atoms with E-state index in [0.29, 0.717) is 23.3 Å². The van der Waals surface area contributed by atoms with Crippen molar-refractivity contribution in [3.05, 3.63) is 65.7 Å². The van der Waals surface area contributed by atoms with Crippen molar-refractivity contribution < 1.29 is 9.21 Å². The van der Waals surface area contributed by atoms with Crippen molar-refractivity contribution in [1.29, 1.82) is 5.26 Å². The minimum Gasteiger partial charge on any atom is -0.443 e. The van der Waals surface area contributed by atoms with Gasteiger partial charge in [0.2, 0.25) is 5.88 Å². The fraction of sp³-hybridized carbons (Fsp3) is 0.150. The second-order valence-corrected chi connectivity index (χ2v) is 6.94. The van der Waals surface area contributed by atoms with E-state index in [2.05, 4.69) is 11.1 Å². The van der Waals surface area contributed by atoms with Crippen LogP contribution in [0.25, 0.3) is 16.1 Å². The van der Waals surface area contributed by atoms with Gasteiger partial charge >= 0.3 is 0 Å². The van der Waals surface area contributed by atoms with Crippen LogP contribution < -0.4 is 4.90 Å². The molecule has 27 heavy (non-hydrogen) atoms. The molecule has 0 aliphatic rings. The van der Waals surface area contributed by atoms with Crippen molar-refractivity contribution in [2.24, 2.45) is 0 Å². The van der Waals surface area contributed by atoms with Crippen molar-refractivity contribution in [3.8, 4) is 12.0 Å². The van der Waals surface area contributed by atoms with Crippen LogP contribution in [-0.2, 0) is 0 Å². The van der Waals surface area contributed by atoms with E-state index in [0.717, 1.165) is 10.2 Å². The van der Waals surface area contributed by atoms with E-state index >= 15 is 0 Å². The molecule has 0 bridgehead atoms. The van der Waals surface area contributed by atoms with Crippen LogP contribution in [0.1, 0.15) is 28.6 Å². The summed E-state index contributed by atoms with van der Waals surface area (Å²) < 4.78 is 8.47. The molecule has 0 unspecified atom stereocenters. The van der Waals surface area contributed by atoms with Crippen LogP contribution in [0.4, 0.5) is 5.13 Å². The summed E-state index contributed by atoms with van der Waals surface area (Å²) in [5.74, 6) is 0.483. The number of carbonyl (C=O) groups is 1. The molecule has 0 aliphatic carbocycles. The van der Waals surface area contributed by atoms with Gasteiger partial charge < -0.3 is 4.42 Å². The summed E-state index contributed by atoms with van der Waals surface area (Å²) in [6.07, 6.45) is 3.55. The Hall–Kier alpha value is -3.37. The molecule has 0 aliphatic heterocycles. The Morgan fingerprint density at radius 1 is 1.30 bits per heavy atom. The molecule has 0 radical (unpaired) electrons. The summed E-state index contributed by atoms with van der Waals surface area (Å²) in [7, 11) is 0. The van der Waals surface area contributed by atoms with Gasteiger partial charge in [-0.05, 0) is 38.1 Å². The van der Waals surface area contributed by atoms with Gasteiger partial charge in [-0.1, -0.05) is 23.5 Å². The Morgan fingerprint density at radius 3 is 2.70 bits per heavy atom. The first-order valence-corrected chi connectivity index (χ1v) is 9.30. The largest absolute Gasteiger partial charge is 0.443 e. The third-order valence-electron chi connectivity index (χ3n) is 4.31. The molecule has 0 fully saturated rings. The molecule has 3 heterocycles. The van der Waals surface area contributed by atoms with E-state index in [1.165, 1.54) is 11.3 Å². The van der Waals surface area contributed by atoms with E-state index in [9.17, 15) is 10.1 Å². The van der Waals surface area contributed by atoms with Crippen LogP contribution in [0.2, 0.25) is 0 Å². The molecular formula is C20H16N4O2S. The predicted molar refractivity (Wildman–Crippen MR) is 104 cm³/mol. The number of aryl methyl sites for hydroxylation is 1. The Bertz CT molecular complexity index is 1130. The topological polar surface area (TPSA) is 75.1 Å². The van der Waals surface area contributed by atoms with Crippen molar-refractivity contribution in [2.45, 2.75) is 13.8 Å². The number of rotatable bonds is 4. The van der Waals surface area contributed by atoms with Gasteiger partial charge in [-0.15, -0.1) is 0 Å². The average Bonchev–Trinajstić information content (AvgIpc) is 3.39. The molecule has 0 spiro atoms. The highest BCUT2D eigenvalue weighted by Crippen LogP contribution is 2.32. The predicted octanol–water partition coefficient (Wildman–Crippen LogP) is 4.53. The van der Waals surface area contributed by atoms with Crippen molar-refractivity contribution in [1.82, 2.24) is 9.55 Å². The Labute approximate surface area is 159 Å². The zero-order valence-electron chi connectivity index (χ0n) is 14.8. The van der Waals surface area contributed by atoms with Gasteiger partial charge in [0.1, 0.15) is 23.0 Å². The molecule has 1 amide bonds. The average molecular weight is 376 g/mol. The number of nitriles is 1. The number of para-hydroxylation sites is 1. The molecule has 1 aromatic carbocycles. The van der Waals surface area contributed by atoms with E-state index in [4.69, 9.17) is 4.42 Å². The molecule has 0 N–H and O–H groups in total. The standard InChI is InChI=1S/C20H16N4O2S/c1-3-24(20-22-15-8-4-5-9-16(15)27-20)18(25)17-13(2)26-19(14(17)12-21)23-10-6-7-11-23/h4-11H,3H2,1-2H3. The monoisotopic (exact) mass is 376 g/mol. The number of benzene rings is 1. The molecule has 7 heteroatoms. The normalized spacial score (nSPS) is 10.9. The number of anilines is 1. The van der Waals surface area contributed by atoms with Crippen LogP contribution in [-0.4, -0.2) is 22.0 Å². The molecule has 3 aromatic heterocycles. The summed E-state index contributed by atoms with van der Waals surface area (Å²) in [5, 5.41) is 10.3. The van der Waals surface area contributed by atoms with Crippen LogP contribution in [0, 0.1) is 18.3 Å². The number of thiazole rings is 1. The summed E-state index contributed by atoms with van der Waals surface area (Å²) in [6, 6.07) is 13.6. The number of amides is 1. The lowest BCUT2D eigenvalue weighted by Gasteiger charge is -2.17. The molecule has 0 saturated carbocycles. The highest BCUT2D eigenvalue weighted by molar-refractivity contribution is 7.22. The van der Waals surface area contributed by atoms with E-state index in [1.807, 2.05) is 43.3 Å². The maximum Gasteiger partial charge on any atom is 0.265 e. The lowest BCUT2D eigenvalue weighted by atomic mass is 10.1. The van der Waals surface area contributed by atoms with Gasteiger partial charge in [0.25, 0.3) is 5.91 Å². The smallest absolute Gasteiger partial charge is 0.265 e. The van der Waals surface area contributed by atoms with E-state index in [1.54, 1.807) is 28.8 Å². The summed E-state index contributed by atoms with van der Waals surface area (Å²) in [4.78, 5) is 19.5. The molecule has 0 atom stereocenters. The van der Waals surface area contributed by atoms with Gasteiger partial charge in [-0.2, -0.15) is 5.26 Å². The molecule has 6 nitrogen and oxygen atoms in total. The SMILES string of the molecule is CCN(C(=O)c1c(C)oc(-n2cccc2)c1C#N)c1nc2ccccc2s1. The number of nitrogens with zero attached hydrogens (tertiary/aromatic N) is 4. The van der Waals surface area contributed by atoms with E-state index < -0.39 is 0 Å². The third kappa shape index (κ3) is 2.80. The number of fused-ring (bicyclic) bond motifs is 1. The first-order valence-electron chi connectivity index (χ1n) is 8.48. The maximum atomic E-state index is 13.3. The van der Waals surface area contributed by atoms with E-state index in [-0.39, 0.29) is 17.0 Å². The first-order chi connectivity index (χ1) is 13.1. The van der Waals surface area contributed by atoms with Crippen LogP contribution in [0.3, 0.4) is 0 Å². The Kier molecular flexibility index (Phi) is 4.26. The van der Waals surface area contributed by atoms with Gasteiger partial charge in [0.05, 0.1) is 10.2 Å². The fourth-order valence-electron chi connectivity index (χ4n) is 3.02. The Morgan fingerprint density at radius 2 is 2.04 bits per heavy atom. The lowest BCUT2D eigenvalue weighted by molar-refractivity contribution is 0.0986. The van der Waals surface area contributed by atoms with Crippen LogP contribution >= 0.6 is 11.3 Å². The molecule has 4 aromatic rings. The van der Waals surface area contributed by atoms with Crippen LogP contribution in [0.15, 0.2) is 53.2 Å². The number of aromatic nitrogens is 2. The maximum absolute atomic E-state index is 13.3. The highest BCUT2D eigenvalue weighted by atomic mass is 32.1. The molecule has 0 saturated heterocycles. The minimum absolute atomic E-state index is 0.230. The zero-order chi connectivity index (χ0) is 19.0. The zero-order valence-corrected chi connectivity index (χ0v) is 15.7. The quantitative estimate of drug-likeness (QED) is 0.524. The summed E-state index contributed by atoms with van der Waals surface area (Å²) in [6.45, 7) is 4.03. The van der Waals surface area contributed by atoms with Crippen molar-refractivity contribution in [3.63, 3.8) is 0 Å². The van der Waals surface area contributed by atoms with Gasteiger partial charge in [-0.3, -0.25) is 14.3 Å². The van der Waals surface area contributed by atoms with Gasteiger partial charge in [0.15, 0.2) is 5.13 Å². The summed E-state index contributed by atoms with van der Waals surface area (Å²) >= 11 is 1.45. The van der Waals surface area contributed by atoms with Crippen molar-refractivity contribution in [2.75, 3.05) is 11.4 Å². The third-order valence-corrected chi connectivity index (χ3v) is 5.36.